The molecule has 10 heteroatoms. The summed E-state index contributed by atoms with van der Waals surface area (Å²) in [5.41, 5.74) is 17.6. The smallest absolute Gasteiger partial charge is 0.262 e. The van der Waals surface area contributed by atoms with Gasteiger partial charge in [-0.15, -0.1) is 0 Å². The van der Waals surface area contributed by atoms with Gasteiger partial charge in [-0.2, -0.15) is 0 Å². The third kappa shape index (κ3) is 4.81. The Kier molecular flexibility index (Phi) is 6.21. The van der Waals surface area contributed by atoms with E-state index < -0.39 is 10.0 Å². The number of nitrogens with zero attached hydrogens (tertiary/aromatic N) is 3. The van der Waals surface area contributed by atoms with E-state index in [9.17, 15) is 8.42 Å². The highest BCUT2D eigenvalue weighted by molar-refractivity contribution is 7.92. The highest BCUT2D eigenvalue weighted by Gasteiger charge is 2.26. The van der Waals surface area contributed by atoms with Gasteiger partial charge in [-0.25, -0.2) is 18.4 Å². The Bertz CT molecular complexity index is 1540. The number of benzene rings is 2. The molecule has 2 aromatic heterocycles. The maximum Gasteiger partial charge on any atom is 0.262 e. The quantitative estimate of drug-likeness (QED) is 0.293. The zero-order valence-electron chi connectivity index (χ0n) is 20.4. The lowest BCUT2D eigenvalue weighted by atomic mass is 10.0. The summed E-state index contributed by atoms with van der Waals surface area (Å²) in [5.74, 6) is 1.74. The third-order valence-electron chi connectivity index (χ3n) is 6.35. The fourth-order valence-electron chi connectivity index (χ4n) is 4.48. The molecule has 0 radical (unpaired) electrons. The average Bonchev–Trinajstić information content (AvgIpc) is 3.60. The number of hydrogen-bond donors (Lipinski definition) is 3. The molecule has 5 N–H and O–H groups in total. The first-order valence-corrected chi connectivity index (χ1v) is 13.7. The van der Waals surface area contributed by atoms with Crippen molar-refractivity contribution in [3.05, 3.63) is 54.4 Å². The van der Waals surface area contributed by atoms with Gasteiger partial charge in [0.15, 0.2) is 5.82 Å². The Morgan fingerprint density at radius 1 is 1.11 bits per heavy atom. The van der Waals surface area contributed by atoms with Gasteiger partial charge < -0.3 is 20.8 Å². The summed E-state index contributed by atoms with van der Waals surface area (Å²) < 4.78 is 35.3. The SMILES string of the molecule is CCCS(=O)(=O)Nc1ccc(-c2c(N)c3ccc(Oc4nccnc4N)cc3n2CC2CC2)c(C)c1. The van der Waals surface area contributed by atoms with Crippen LogP contribution < -0.4 is 20.9 Å². The minimum atomic E-state index is -3.37. The number of rotatable bonds is 9. The Labute approximate surface area is 210 Å². The van der Waals surface area contributed by atoms with E-state index in [0.29, 0.717) is 29.5 Å². The second-order valence-electron chi connectivity index (χ2n) is 9.29. The lowest BCUT2D eigenvalue weighted by Gasteiger charge is -2.15. The van der Waals surface area contributed by atoms with Crippen molar-refractivity contribution in [1.29, 1.82) is 0 Å². The second kappa shape index (κ2) is 9.34. The van der Waals surface area contributed by atoms with Crippen LogP contribution in [0, 0.1) is 12.8 Å². The predicted octanol–water partition coefficient (Wildman–Crippen LogP) is 4.93. The van der Waals surface area contributed by atoms with Crippen molar-refractivity contribution in [1.82, 2.24) is 14.5 Å². The van der Waals surface area contributed by atoms with Gasteiger partial charge in [-0.1, -0.05) is 13.0 Å². The number of sulfonamides is 1. The van der Waals surface area contributed by atoms with Crippen LogP contribution in [-0.2, 0) is 16.6 Å². The van der Waals surface area contributed by atoms with Crippen molar-refractivity contribution in [3.8, 4) is 22.9 Å². The number of nitrogens with two attached hydrogens (primary N) is 2. The van der Waals surface area contributed by atoms with E-state index in [-0.39, 0.29) is 17.5 Å². The molecule has 0 saturated heterocycles. The van der Waals surface area contributed by atoms with Crippen LogP contribution in [0.15, 0.2) is 48.8 Å². The highest BCUT2D eigenvalue weighted by atomic mass is 32.2. The molecule has 1 aliphatic rings. The van der Waals surface area contributed by atoms with Crippen molar-refractivity contribution >= 4 is 38.1 Å². The molecule has 0 bridgehead atoms. The van der Waals surface area contributed by atoms with Gasteiger partial charge in [0.1, 0.15) is 5.75 Å². The summed E-state index contributed by atoms with van der Waals surface area (Å²) in [6.45, 7) is 4.65. The molecule has 4 aromatic rings. The molecule has 1 fully saturated rings. The molecule has 0 amide bonds. The van der Waals surface area contributed by atoms with Crippen molar-refractivity contribution in [2.24, 2.45) is 5.92 Å². The van der Waals surface area contributed by atoms with Crippen molar-refractivity contribution < 1.29 is 13.2 Å². The summed E-state index contributed by atoms with van der Waals surface area (Å²) >= 11 is 0. The Hall–Kier alpha value is -3.79. The Morgan fingerprint density at radius 3 is 2.58 bits per heavy atom. The highest BCUT2D eigenvalue weighted by Crippen LogP contribution is 2.42. The molecule has 0 atom stereocenters. The molecular formula is C26H30N6O3S. The average molecular weight is 507 g/mol. The summed E-state index contributed by atoms with van der Waals surface area (Å²) in [7, 11) is -3.37. The molecule has 1 saturated carbocycles. The van der Waals surface area contributed by atoms with E-state index in [1.165, 1.54) is 25.2 Å². The molecule has 0 aliphatic heterocycles. The van der Waals surface area contributed by atoms with Gasteiger partial charge in [-0.05, 0) is 61.9 Å². The predicted molar refractivity (Wildman–Crippen MR) is 143 cm³/mol. The first-order valence-electron chi connectivity index (χ1n) is 12.0. The van der Waals surface area contributed by atoms with Gasteiger partial charge in [0.05, 0.1) is 22.7 Å². The fourth-order valence-corrected chi connectivity index (χ4v) is 5.60. The van der Waals surface area contributed by atoms with Crippen LogP contribution in [0.4, 0.5) is 17.2 Å². The van der Waals surface area contributed by atoms with E-state index in [1.807, 2.05) is 44.2 Å². The topological polar surface area (TPSA) is 138 Å². The lowest BCUT2D eigenvalue weighted by Crippen LogP contribution is -2.16. The maximum absolute atomic E-state index is 12.2. The van der Waals surface area contributed by atoms with Crippen molar-refractivity contribution in [3.63, 3.8) is 0 Å². The minimum absolute atomic E-state index is 0.0843. The van der Waals surface area contributed by atoms with Crippen molar-refractivity contribution in [2.75, 3.05) is 21.9 Å². The number of nitrogen functional groups attached to an aromatic ring is 2. The van der Waals surface area contributed by atoms with Crippen LogP contribution in [0.5, 0.6) is 11.6 Å². The summed E-state index contributed by atoms with van der Waals surface area (Å²) in [6, 6.07) is 11.3. The standard InChI is InChI=1S/C26H30N6O3S/c1-3-12-36(33,34)31-18-6-8-20(16(2)13-18)24-23(27)21-9-7-19(35-26-25(28)29-10-11-30-26)14-22(21)32(24)15-17-4-5-17/h6-11,13-14,17,31H,3-5,12,15,27H2,1-2H3,(H2,28,29). The van der Waals surface area contributed by atoms with E-state index in [4.69, 9.17) is 16.2 Å². The third-order valence-corrected chi connectivity index (χ3v) is 7.84. The van der Waals surface area contributed by atoms with E-state index >= 15 is 0 Å². The first-order chi connectivity index (χ1) is 17.3. The lowest BCUT2D eigenvalue weighted by molar-refractivity contribution is 0.463. The number of fused-ring (bicyclic) bond motifs is 1. The molecular weight excluding hydrogens is 476 g/mol. The fraction of sp³-hybridized carbons (Fsp3) is 0.308. The van der Waals surface area contributed by atoms with Gasteiger partial charge >= 0.3 is 0 Å². The molecule has 1 aliphatic carbocycles. The molecule has 9 nitrogen and oxygen atoms in total. The molecule has 188 valence electrons. The monoisotopic (exact) mass is 506 g/mol. The number of aromatic nitrogens is 3. The van der Waals surface area contributed by atoms with Crippen molar-refractivity contribution in [2.45, 2.75) is 39.7 Å². The van der Waals surface area contributed by atoms with E-state index in [1.54, 1.807) is 6.07 Å². The maximum atomic E-state index is 12.2. The van der Waals surface area contributed by atoms with Crippen LogP contribution in [-0.4, -0.2) is 28.7 Å². The minimum Gasteiger partial charge on any atom is -0.436 e. The largest absolute Gasteiger partial charge is 0.436 e. The van der Waals surface area contributed by atoms with Crippen LogP contribution in [0.25, 0.3) is 22.2 Å². The number of anilines is 3. The van der Waals surface area contributed by atoms with Crippen LogP contribution in [0.1, 0.15) is 31.7 Å². The molecule has 5 rings (SSSR count). The molecule has 2 heterocycles. The van der Waals surface area contributed by atoms with Gasteiger partial charge in [0.2, 0.25) is 10.0 Å². The number of ether oxygens (including phenoxy) is 1. The zero-order valence-corrected chi connectivity index (χ0v) is 21.2. The van der Waals surface area contributed by atoms with Gasteiger partial charge in [0, 0.05) is 41.6 Å². The number of hydrogen-bond acceptors (Lipinski definition) is 7. The van der Waals surface area contributed by atoms with E-state index in [2.05, 4.69) is 19.3 Å². The number of nitrogens with one attached hydrogen (secondary N) is 1. The molecule has 0 unspecified atom stereocenters. The first kappa shape index (κ1) is 23.9. The van der Waals surface area contributed by atoms with Gasteiger partial charge in [-0.3, -0.25) is 4.72 Å². The Morgan fingerprint density at radius 2 is 1.89 bits per heavy atom. The normalized spacial score (nSPS) is 13.7. The summed E-state index contributed by atoms with van der Waals surface area (Å²) in [4.78, 5) is 8.20. The molecule has 0 spiro atoms. The summed E-state index contributed by atoms with van der Waals surface area (Å²) in [5, 5.41) is 0.928. The number of aryl methyl sites for hydroxylation is 1. The summed E-state index contributed by atoms with van der Waals surface area (Å²) in [6.07, 6.45) is 5.97. The molecule has 2 aromatic carbocycles. The van der Waals surface area contributed by atoms with Crippen LogP contribution >= 0.6 is 0 Å². The zero-order chi connectivity index (χ0) is 25.4. The molecule has 36 heavy (non-hydrogen) atoms. The van der Waals surface area contributed by atoms with Gasteiger partial charge in [0.25, 0.3) is 5.88 Å². The Balaban J connectivity index is 1.57. The van der Waals surface area contributed by atoms with E-state index in [0.717, 1.165) is 34.3 Å². The van der Waals surface area contributed by atoms with Crippen LogP contribution in [0.3, 0.4) is 0 Å². The van der Waals surface area contributed by atoms with Crippen LogP contribution in [0.2, 0.25) is 0 Å². The second-order valence-corrected chi connectivity index (χ2v) is 11.1.